The molecule has 10 N–H and O–H groups in total. The Kier molecular flexibility index (Phi) is 5.00. The van der Waals surface area contributed by atoms with Gasteiger partial charge < -0.3 is 46.6 Å². The van der Waals surface area contributed by atoms with E-state index in [1.165, 1.54) is 31.2 Å². The van der Waals surface area contributed by atoms with Crippen LogP contribution in [-0.2, 0) is 12.2 Å². The van der Waals surface area contributed by atoms with E-state index in [2.05, 4.69) is 0 Å². The minimum Gasteiger partial charge on any atom is -0.362 e. The number of rotatable bonds is 6. The smallest absolute Gasteiger partial charge is 0.302 e. The van der Waals surface area contributed by atoms with E-state index >= 15 is 0 Å². The first-order chi connectivity index (χ1) is 9.68. The van der Waals surface area contributed by atoms with Crippen LogP contribution in [0.5, 0.6) is 0 Å². The molecule has 9 nitrogen and oxygen atoms in total. The molecule has 0 bridgehead atoms. The molecule has 1 aromatic carbocycles. The Bertz CT molecular complexity index is 481. The normalized spacial score (nSPS) is 14.3. The lowest BCUT2D eigenvalue weighted by atomic mass is 9.86. The molecule has 0 spiro atoms. The molecule has 0 radical (unpaired) electrons. The van der Waals surface area contributed by atoms with Crippen molar-refractivity contribution in [1.29, 1.82) is 0 Å². The molecule has 1 rings (SSSR count). The molecule has 0 aliphatic heterocycles. The van der Waals surface area contributed by atoms with E-state index in [0.717, 1.165) is 0 Å². The molecule has 0 aliphatic rings. The lowest BCUT2D eigenvalue weighted by molar-refractivity contribution is -0.447. The van der Waals surface area contributed by atoms with Gasteiger partial charge >= 0.3 is 11.9 Å². The summed E-state index contributed by atoms with van der Waals surface area (Å²) in [7, 11) is 0. The molecule has 0 fully saturated rings. The first-order valence-electron chi connectivity index (χ1n) is 6.36. The fourth-order valence-electron chi connectivity index (χ4n) is 1.89. The Labute approximate surface area is 126 Å². The van der Waals surface area contributed by atoms with Gasteiger partial charge in [0.25, 0.3) is 0 Å². The fourth-order valence-corrected chi connectivity index (χ4v) is 1.89. The number of aliphatic hydroxyl groups is 8. The zero-order valence-corrected chi connectivity index (χ0v) is 11.9. The number of benzene rings is 1. The largest absolute Gasteiger partial charge is 0.362 e. The second kappa shape index (κ2) is 5.81. The van der Waals surface area contributed by atoms with Crippen LogP contribution in [0.25, 0.3) is 0 Å². The highest BCUT2D eigenvalue weighted by Gasteiger charge is 2.59. The predicted octanol–water partition coefficient (Wildman–Crippen LogP) is -3.26. The third-order valence-corrected chi connectivity index (χ3v) is 3.51. The van der Waals surface area contributed by atoms with Gasteiger partial charge in [-0.05, 0) is 25.3 Å². The molecular weight excluding hydrogens is 298 g/mol. The van der Waals surface area contributed by atoms with Crippen molar-refractivity contribution in [3.05, 3.63) is 35.4 Å². The van der Waals surface area contributed by atoms with Crippen molar-refractivity contribution >= 4 is 0 Å². The molecule has 0 saturated heterocycles. The Morgan fingerprint density at radius 2 is 1.23 bits per heavy atom. The van der Waals surface area contributed by atoms with Crippen molar-refractivity contribution in [2.45, 2.75) is 43.0 Å². The van der Waals surface area contributed by atoms with Crippen LogP contribution >= 0.6 is 0 Å². The number of aryl methyl sites for hydroxylation is 1. The van der Waals surface area contributed by atoms with E-state index in [9.17, 15) is 10.2 Å². The number of nitrogens with two attached hydrogens (primary N) is 1. The topological polar surface area (TPSA) is 188 Å². The molecule has 0 saturated carbocycles. The van der Waals surface area contributed by atoms with Crippen LogP contribution in [0.4, 0.5) is 0 Å². The van der Waals surface area contributed by atoms with Crippen molar-refractivity contribution in [1.82, 2.24) is 0 Å². The molecule has 126 valence electrons. The van der Waals surface area contributed by atoms with Crippen LogP contribution in [0.15, 0.2) is 24.3 Å². The monoisotopic (exact) mass is 319 g/mol. The zero-order valence-electron chi connectivity index (χ0n) is 11.9. The summed E-state index contributed by atoms with van der Waals surface area (Å²) in [6, 6.07) is 5.70. The van der Waals surface area contributed by atoms with Crippen molar-refractivity contribution < 1.29 is 40.9 Å². The number of hydrogen-bond donors (Lipinski definition) is 9. The maximum absolute atomic E-state index is 9.39. The van der Waals surface area contributed by atoms with Crippen molar-refractivity contribution in [3.63, 3.8) is 0 Å². The van der Waals surface area contributed by atoms with Crippen molar-refractivity contribution in [2.75, 3.05) is 0 Å². The van der Waals surface area contributed by atoms with E-state index < -0.39 is 29.7 Å². The summed E-state index contributed by atoms with van der Waals surface area (Å²) in [5.41, 5.74) is 3.06. The minimum absolute atomic E-state index is 0.0861. The van der Waals surface area contributed by atoms with E-state index in [-0.39, 0.29) is 12.0 Å². The van der Waals surface area contributed by atoms with E-state index in [1.54, 1.807) is 0 Å². The lowest BCUT2D eigenvalue weighted by Gasteiger charge is -2.41. The van der Waals surface area contributed by atoms with Gasteiger partial charge in [-0.25, -0.2) is 0 Å². The first kappa shape index (κ1) is 18.9. The fraction of sp³-hybridized carbons (Fsp3) is 0.538. The van der Waals surface area contributed by atoms with Crippen LogP contribution in [0.2, 0.25) is 0 Å². The molecule has 0 heterocycles. The van der Waals surface area contributed by atoms with Gasteiger partial charge in [0, 0.05) is 5.56 Å². The molecule has 0 atom stereocenters. The first-order valence-corrected chi connectivity index (χ1v) is 6.36. The molecule has 0 amide bonds. The van der Waals surface area contributed by atoms with Crippen LogP contribution in [0, 0.1) is 0 Å². The maximum Gasteiger partial charge on any atom is 0.302 e. The van der Waals surface area contributed by atoms with Crippen LogP contribution in [0.3, 0.4) is 0 Å². The quantitative estimate of drug-likeness (QED) is 0.242. The summed E-state index contributed by atoms with van der Waals surface area (Å²) >= 11 is 0. The predicted molar refractivity (Wildman–Crippen MR) is 72.2 cm³/mol. The minimum atomic E-state index is -3.75. The molecular formula is C13H21NO8. The highest BCUT2D eigenvalue weighted by Crippen LogP contribution is 2.29. The van der Waals surface area contributed by atoms with Gasteiger partial charge in [0.05, 0.1) is 0 Å². The van der Waals surface area contributed by atoms with Gasteiger partial charge in [0.15, 0.2) is 11.3 Å². The van der Waals surface area contributed by atoms with E-state index in [4.69, 9.17) is 36.4 Å². The van der Waals surface area contributed by atoms with E-state index in [0.29, 0.717) is 5.56 Å². The molecule has 0 aromatic heterocycles. The third kappa shape index (κ3) is 3.98. The van der Waals surface area contributed by atoms with Gasteiger partial charge in [-0.1, -0.05) is 24.3 Å². The van der Waals surface area contributed by atoms with E-state index in [1.807, 2.05) is 0 Å². The Hall–Kier alpha value is -1.14. The summed E-state index contributed by atoms with van der Waals surface area (Å²) in [4.78, 5) is 0. The second-order valence-electron chi connectivity index (χ2n) is 5.46. The second-order valence-corrected chi connectivity index (χ2v) is 5.46. The average Bonchev–Trinajstić information content (AvgIpc) is 2.32. The molecule has 0 aliphatic carbocycles. The van der Waals surface area contributed by atoms with Crippen molar-refractivity contribution in [3.8, 4) is 0 Å². The summed E-state index contributed by atoms with van der Waals surface area (Å²) < 4.78 is 0. The SMILES string of the molecule is CC(O)(O)c1ccc(CCC(N)(C(O)(O)O)C(O)(O)O)cc1. The van der Waals surface area contributed by atoms with Gasteiger partial charge in [0.1, 0.15) is 0 Å². The Morgan fingerprint density at radius 3 is 1.55 bits per heavy atom. The lowest BCUT2D eigenvalue weighted by Crippen LogP contribution is -2.73. The Morgan fingerprint density at radius 1 is 0.818 bits per heavy atom. The summed E-state index contributed by atoms with van der Waals surface area (Å²) in [6.07, 6.45) is -0.702. The summed E-state index contributed by atoms with van der Waals surface area (Å²) in [5, 5.41) is 73.6. The highest BCUT2D eigenvalue weighted by atomic mass is 16.7. The summed E-state index contributed by atoms with van der Waals surface area (Å²) in [6.45, 7) is 1.17. The van der Waals surface area contributed by atoms with Crippen molar-refractivity contribution in [2.24, 2.45) is 5.73 Å². The van der Waals surface area contributed by atoms with Gasteiger partial charge in [0.2, 0.25) is 0 Å². The molecule has 0 unspecified atom stereocenters. The molecule has 1 aromatic rings. The van der Waals surface area contributed by atoms with Crippen LogP contribution in [0.1, 0.15) is 24.5 Å². The zero-order chi connectivity index (χ0) is 17.4. The van der Waals surface area contributed by atoms with Crippen LogP contribution < -0.4 is 5.73 Å². The number of hydrogen-bond acceptors (Lipinski definition) is 9. The Balaban J connectivity index is 2.92. The van der Waals surface area contributed by atoms with Gasteiger partial charge in [-0.15, -0.1) is 0 Å². The third-order valence-electron chi connectivity index (χ3n) is 3.51. The maximum atomic E-state index is 9.39. The van der Waals surface area contributed by atoms with Crippen LogP contribution in [-0.4, -0.2) is 58.3 Å². The molecule has 9 heteroatoms. The average molecular weight is 319 g/mol. The highest BCUT2D eigenvalue weighted by molar-refractivity contribution is 5.25. The molecule has 22 heavy (non-hydrogen) atoms. The summed E-state index contributed by atoms with van der Waals surface area (Å²) in [5.74, 6) is -9.52. The van der Waals surface area contributed by atoms with Gasteiger partial charge in [-0.3, -0.25) is 0 Å². The van der Waals surface area contributed by atoms with Gasteiger partial charge in [-0.2, -0.15) is 0 Å². The standard InChI is InChI=1S/C13H21NO8/c1-10(15,16)9-4-2-8(3-5-9)6-7-11(14,12(17,18)19)13(20,21)22/h2-5,15-22H,6-7,14H2,1H3.